The van der Waals surface area contributed by atoms with E-state index in [4.69, 9.17) is 16.3 Å². The maximum absolute atomic E-state index is 12.6. The normalized spacial score (nSPS) is 22.1. The van der Waals surface area contributed by atoms with Crippen molar-refractivity contribution in [3.05, 3.63) is 33.8 Å². The van der Waals surface area contributed by atoms with Gasteiger partial charge in [0.1, 0.15) is 5.75 Å². The summed E-state index contributed by atoms with van der Waals surface area (Å²) >= 11 is 6.09. The Kier molecular flexibility index (Phi) is 5.58. The minimum Gasteiger partial charge on any atom is -0.495 e. The largest absolute Gasteiger partial charge is 0.495 e. The number of aliphatic hydroxyl groups is 2. The summed E-state index contributed by atoms with van der Waals surface area (Å²) in [6.45, 7) is 0.933. The highest BCUT2D eigenvalue weighted by molar-refractivity contribution is 6.32. The summed E-state index contributed by atoms with van der Waals surface area (Å²) in [6, 6.07) is 2.98. The van der Waals surface area contributed by atoms with Crippen molar-refractivity contribution in [2.24, 2.45) is 0 Å². The van der Waals surface area contributed by atoms with Gasteiger partial charge in [-0.1, -0.05) is 11.6 Å². The van der Waals surface area contributed by atoms with Gasteiger partial charge >= 0.3 is 0 Å². The lowest BCUT2D eigenvalue weighted by Crippen LogP contribution is -2.47. The van der Waals surface area contributed by atoms with Crippen LogP contribution in [0, 0.1) is 0 Å². The highest BCUT2D eigenvalue weighted by Gasteiger charge is 2.25. The van der Waals surface area contributed by atoms with Crippen molar-refractivity contribution >= 4 is 22.5 Å². The van der Waals surface area contributed by atoms with E-state index in [0.29, 0.717) is 28.1 Å². The molecule has 0 unspecified atom stereocenters. The molecule has 8 heteroatoms. The van der Waals surface area contributed by atoms with Crippen LogP contribution in [0.1, 0.15) is 19.3 Å². The summed E-state index contributed by atoms with van der Waals surface area (Å²) in [7, 11) is 1.50. The number of methoxy groups -OCH3 is 1. The first kappa shape index (κ1) is 18.1. The molecule has 0 saturated carbocycles. The Morgan fingerprint density at radius 3 is 3.04 bits per heavy atom. The molecule has 2 aromatic rings. The molecule has 0 spiro atoms. The summed E-state index contributed by atoms with van der Waals surface area (Å²) in [5.41, 5.74) is 0.215. The zero-order valence-electron chi connectivity index (χ0n) is 14.0. The number of nitrogens with one attached hydrogen (secondary N) is 1. The summed E-state index contributed by atoms with van der Waals surface area (Å²) in [5, 5.41) is 24.2. The number of ether oxygens (including phenoxy) is 1. The molecule has 0 radical (unpaired) electrons. The second-order valence-corrected chi connectivity index (χ2v) is 6.77. The number of aromatic nitrogens is 2. The molecule has 0 bridgehead atoms. The first-order valence-corrected chi connectivity index (χ1v) is 8.69. The fourth-order valence-electron chi connectivity index (χ4n) is 3.22. The Morgan fingerprint density at radius 2 is 2.32 bits per heavy atom. The molecule has 136 valence electrons. The topological polar surface area (TPSA) is 96.6 Å². The molecule has 1 aromatic carbocycles. The third-order valence-corrected chi connectivity index (χ3v) is 4.87. The summed E-state index contributed by atoms with van der Waals surface area (Å²) in [4.78, 5) is 16.9. The first-order chi connectivity index (χ1) is 12.0. The van der Waals surface area contributed by atoms with Gasteiger partial charge in [0.15, 0.2) is 0 Å². The molecule has 3 N–H and O–H groups in total. The summed E-state index contributed by atoms with van der Waals surface area (Å²) in [5.74, 6) is 0.455. The second-order valence-electron chi connectivity index (χ2n) is 6.37. The van der Waals surface area contributed by atoms with Crippen LogP contribution >= 0.6 is 11.6 Å². The maximum atomic E-state index is 12.6. The summed E-state index contributed by atoms with van der Waals surface area (Å²) in [6.07, 6.45) is 2.19. The van der Waals surface area contributed by atoms with Crippen molar-refractivity contribution < 1.29 is 14.9 Å². The lowest BCUT2D eigenvalue weighted by atomic mass is 9.96. The van der Waals surface area contributed by atoms with Crippen molar-refractivity contribution in [2.45, 2.75) is 44.1 Å². The zero-order valence-corrected chi connectivity index (χ0v) is 14.7. The number of piperidine rings is 1. The van der Waals surface area contributed by atoms with Crippen molar-refractivity contribution in [1.82, 2.24) is 14.9 Å². The fraction of sp³-hybridized carbons (Fsp3) is 0.529. The van der Waals surface area contributed by atoms with Crippen LogP contribution in [0.5, 0.6) is 5.75 Å². The molecule has 1 aliphatic heterocycles. The lowest BCUT2D eigenvalue weighted by molar-refractivity contribution is 0.0539. The molecule has 3 atom stereocenters. The van der Waals surface area contributed by atoms with Gasteiger partial charge in [-0.3, -0.25) is 9.36 Å². The number of nitrogens with zero attached hydrogens (tertiary/aromatic N) is 2. The smallest absolute Gasteiger partial charge is 0.261 e. The van der Waals surface area contributed by atoms with Crippen LogP contribution < -0.4 is 15.6 Å². The second kappa shape index (κ2) is 7.70. The maximum Gasteiger partial charge on any atom is 0.261 e. The van der Waals surface area contributed by atoms with Crippen LogP contribution in [0.3, 0.4) is 0 Å². The lowest BCUT2D eigenvalue weighted by Gasteiger charge is -2.30. The van der Waals surface area contributed by atoms with E-state index < -0.39 is 12.2 Å². The van der Waals surface area contributed by atoms with E-state index in [-0.39, 0.29) is 18.1 Å². The van der Waals surface area contributed by atoms with Crippen LogP contribution in [0.4, 0.5) is 0 Å². The van der Waals surface area contributed by atoms with E-state index in [1.54, 1.807) is 6.07 Å². The Morgan fingerprint density at radius 1 is 1.52 bits per heavy atom. The van der Waals surface area contributed by atoms with Gasteiger partial charge in [-0.2, -0.15) is 0 Å². The Balaban J connectivity index is 1.79. The Bertz CT molecular complexity index is 810. The number of rotatable bonds is 5. The Labute approximate surface area is 150 Å². The van der Waals surface area contributed by atoms with Gasteiger partial charge in [-0.05, 0) is 31.9 Å². The molecular formula is C17H22ClN3O4. The first-order valence-electron chi connectivity index (χ1n) is 8.31. The van der Waals surface area contributed by atoms with Crippen molar-refractivity contribution in [3.8, 4) is 5.75 Å². The minimum absolute atomic E-state index is 0.107. The number of benzene rings is 1. The third-order valence-electron chi connectivity index (χ3n) is 4.58. The average molecular weight is 368 g/mol. The average Bonchev–Trinajstić information content (AvgIpc) is 2.59. The van der Waals surface area contributed by atoms with E-state index in [0.717, 1.165) is 19.4 Å². The fourth-order valence-corrected chi connectivity index (χ4v) is 3.46. The molecule has 2 heterocycles. The number of hydrogen-bond donors (Lipinski definition) is 3. The van der Waals surface area contributed by atoms with Gasteiger partial charge < -0.3 is 20.3 Å². The standard InChI is InChI=1S/C17H22ClN3O4/c1-25-16-7-13-11(6-12(16)18)17(24)21(9-20-13)8-10(22)5-14-15(23)3-2-4-19-14/h6-7,9-10,14-15,19,22-23H,2-5,8H2,1H3/t10-,14+,15-/m0/s1. The van der Waals surface area contributed by atoms with Crippen LogP contribution in [-0.4, -0.2) is 51.7 Å². The van der Waals surface area contributed by atoms with Gasteiger partial charge in [0, 0.05) is 12.1 Å². The van der Waals surface area contributed by atoms with E-state index in [1.165, 1.54) is 24.1 Å². The van der Waals surface area contributed by atoms with Gasteiger partial charge in [0.25, 0.3) is 5.56 Å². The van der Waals surface area contributed by atoms with Crippen molar-refractivity contribution in [1.29, 1.82) is 0 Å². The van der Waals surface area contributed by atoms with Crippen LogP contribution in [-0.2, 0) is 6.54 Å². The highest BCUT2D eigenvalue weighted by Crippen LogP contribution is 2.27. The van der Waals surface area contributed by atoms with Gasteiger partial charge in [0.2, 0.25) is 0 Å². The molecule has 25 heavy (non-hydrogen) atoms. The predicted molar refractivity (Wildman–Crippen MR) is 95.2 cm³/mol. The van der Waals surface area contributed by atoms with Crippen LogP contribution in [0.2, 0.25) is 5.02 Å². The quantitative estimate of drug-likeness (QED) is 0.727. The highest BCUT2D eigenvalue weighted by atomic mass is 35.5. The van der Waals surface area contributed by atoms with Gasteiger partial charge in [0.05, 0.1) is 48.1 Å². The van der Waals surface area contributed by atoms with Gasteiger partial charge in [-0.25, -0.2) is 4.98 Å². The summed E-state index contributed by atoms with van der Waals surface area (Å²) < 4.78 is 6.50. The van der Waals surface area contributed by atoms with Gasteiger partial charge in [-0.15, -0.1) is 0 Å². The Hall–Kier alpha value is -1.67. The predicted octanol–water partition coefficient (Wildman–Crippen LogP) is 0.922. The van der Waals surface area contributed by atoms with Crippen LogP contribution in [0.15, 0.2) is 23.3 Å². The molecule has 7 nitrogen and oxygen atoms in total. The van der Waals surface area contributed by atoms with Crippen molar-refractivity contribution in [3.63, 3.8) is 0 Å². The molecular weight excluding hydrogens is 346 g/mol. The van der Waals surface area contributed by atoms with Crippen LogP contribution in [0.25, 0.3) is 10.9 Å². The van der Waals surface area contributed by atoms with Crippen molar-refractivity contribution in [2.75, 3.05) is 13.7 Å². The number of aliphatic hydroxyl groups excluding tert-OH is 2. The zero-order chi connectivity index (χ0) is 18.0. The molecule has 0 aliphatic carbocycles. The molecule has 0 amide bonds. The third kappa shape index (κ3) is 3.95. The van der Waals surface area contributed by atoms with E-state index in [2.05, 4.69) is 10.3 Å². The van der Waals surface area contributed by atoms with E-state index in [1.807, 2.05) is 0 Å². The van der Waals surface area contributed by atoms with E-state index >= 15 is 0 Å². The molecule has 1 fully saturated rings. The number of hydrogen-bond acceptors (Lipinski definition) is 6. The molecule has 3 rings (SSSR count). The SMILES string of the molecule is COc1cc2ncn(C[C@@H](O)C[C@H]3NCCC[C@@H]3O)c(=O)c2cc1Cl. The molecule has 1 saturated heterocycles. The van der Waals surface area contributed by atoms with E-state index in [9.17, 15) is 15.0 Å². The minimum atomic E-state index is -0.768. The molecule has 1 aromatic heterocycles. The number of fused-ring (bicyclic) bond motifs is 1. The monoisotopic (exact) mass is 367 g/mol. The molecule has 1 aliphatic rings. The number of halogens is 1.